The zero-order chi connectivity index (χ0) is 8.27. The summed E-state index contributed by atoms with van der Waals surface area (Å²) in [5.41, 5.74) is 5.43. The van der Waals surface area contributed by atoms with E-state index in [0.29, 0.717) is 5.92 Å². The molecule has 0 spiro atoms. The van der Waals surface area contributed by atoms with Crippen LogP contribution in [0.25, 0.3) is 0 Å². The van der Waals surface area contributed by atoms with Crippen LogP contribution in [0.15, 0.2) is 16.5 Å². The molecule has 0 amide bonds. The van der Waals surface area contributed by atoms with E-state index in [1.165, 1.54) is 0 Å². The molecule has 2 N–H and O–H groups in total. The van der Waals surface area contributed by atoms with E-state index in [9.17, 15) is 0 Å². The molecular formula is C9H15NO. The molecule has 0 aliphatic heterocycles. The molecular weight excluding hydrogens is 138 g/mol. The number of furan rings is 1. The zero-order valence-electron chi connectivity index (χ0n) is 7.13. The van der Waals surface area contributed by atoms with Gasteiger partial charge in [0.2, 0.25) is 0 Å². The molecule has 1 unspecified atom stereocenters. The van der Waals surface area contributed by atoms with Crippen LogP contribution in [0.5, 0.6) is 0 Å². The number of nitrogens with two attached hydrogens (primary N) is 1. The quantitative estimate of drug-likeness (QED) is 0.721. The molecule has 11 heavy (non-hydrogen) atoms. The van der Waals surface area contributed by atoms with Crippen molar-refractivity contribution >= 4 is 0 Å². The van der Waals surface area contributed by atoms with Crippen molar-refractivity contribution in [2.45, 2.75) is 26.2 Å². The summed E-state index contributed by atoms with van der Waals surface area (Å²) in [6, 6.07) is 4.01. The second kappa shape index (κ2) is 3.58. The van der Waals surface area contributed by atoms with Gasteiger partial charge in [0.25, 0.3) is 0 Å². The summed E-state index contributed by atoms with van der Waals surface area (Å²) >= 11 is 0. The highest BCUT2D eigenvalue weighted by Gasteiger charge is 2.07. The third kappa shape index (κ3) is 2.09. The van der Waals surface area contributed by atoms with Crippen LogP contribution in [0.3, 0.4) is 0 Å². The van der Waals surface area contributed by atoms with Gasteiger partial charge in [-0.2, -0.15) is 0 Å². The predicted octanol–water partition coefficient (Wildman–Crippen LogP) is 2.04. The van der Waals surface area contributed by atoms with Gasteiger partial charge in [-0.3, -0.25) is 0 Å². The Labute approximate surface area is 67.4 Å². The van der Waals surface area contributed by atoms with E-state index in [-0.39, 0.29) is 0 Å². The van der Waals surface area contributed by atoms with Crippen LogP contribution < -0.4 is 5.73 Å². The first-order valence-corrected chi connectivity index (χ1v) is 4.00. The maximum atomic E-state index is 5.44. The smallest absolute Gasteiger partial charge is 0.107 e. The van der Waals surface area contributed by atoms with Crippen molar-refractivity contribution in [3.8, 4) is 0 Å². The van der Waals surface area contributed by atoms with Gasteiger partial charge in [-0.15, -0.1) is 0 Å². The van der Waals surface area contributed by atoms with Crippen LogP contribution in [-0.4, -0.2) is 6.54 Å². The van der Waals surface area contributed by atoms with Gasteiger partial charge in [-0.25, -0.2) is 0 Å². The van der Waals surface area contributed by atoms with Crippen molar-refractivity contribution in [3.63, 3.8) is 0 Å². The minimum absolute atomic E-state index is 0.452. The molecule has 0 saturated heterocycles. The lowest BCUT2D eigenvalue weighted by atomic mass is 10.1. The molecule has 1 rings (SSSR count). The Morgan fingerprint density at radius 2 is 2.27 bits per heavy atom. The molecule has 62 valence electrons. The van der Waals surface area contributed by atoms with Crippen molar-refractivity contribution in [3.05, 3.63) is 23.7 Å². The van der Waals surface area contributed by atoms with Gasteiger partial charge >= 0.3 is 0 Å². The average molecular weight is 153 g/mol. The molecule has 0 radical (unpaired) electrons. The molecule has 0 bridgehead atoms. The molecule has 2 nitrogen and oxygen atoms in total. The lowest BCUT2D eigenvalue weighted by Gasteiger charge is -2.04. The van der Waals surface area contributed by atoms with E-state index in [1.54, 1.807) is 0 Å². The first kappa shape index (κ1) is 8.34. The van der Waals surface area contributed by atoms with Crippen LogP contribution in [0, 0.1) is 6.92 Å². The standard InChI is InChI=1S/C9H15NO/c1-7(5-6-10)9-4-3-8(2)11-9/h3-4,7H,5-6,10H2,1-2H3. The molecule has 1 aromatic rings. The summed E-state index contributed by atoms with van der Waals surface area (Å²) in [4.78, 5) is 0. The monoisotopic (exact) mass is 153 g/mol. The first-order valence-electron chi connectivity index (χ1n) is 4.00. The van der Waals surface area contributed by atoms with Crippen LogP contribution in [0.4, 0.5) is 0 Å². The van der Waals surface area contributed by atoms with Crippen molar-refractivity contribution in [2.24, 2.45) is 5.73 Å². The molecule has 1 atom stereocenters. The Hall–Kier alpha value is -0.760. The van der Waals surface area contributed by atoms with E-state index in [0.717, 1.165) is 24.5 Å². The van der Waals surface area contributed by atoms with Gasteiger partial charge < -0.3 is 10.2 Å². The second-order valence-corrected chi connectivity index (χ2v) is 2.93. The highest BCUT2D eigenvalue weighted by atomic mass is 16.3. The van der Waals surface area contributed by atoms with Crippen LogP contribution >= 0.6 is 0 Å². The minimum Gasteiger partial charge on any atom is -0.466 e. The molecule has 0 aliphatic carbocycles. The summed E-state index contributed by atoms with van der Waals surface area (Å²) in [6.07, 6.45) is 0.993. The van der Waals surface area contributed by atoms with Gasteiger partial charge in [0.05, 0.1) is 0 Å². The van der Waals surface area contributed by atoms with Crippen molar-refractivity contribution in [1.29, 1.82) is 0 Å². The number of aryl methyl sites for hydroxylation is 1. The molecule has 2 heteroatoms. The Morgan fingerprint density at radius 1 is 1.55 bits per heavy atom. The van der Waals surface area contributed by atoms with Crippen molar-refractivity contribution in [1.82, 2.24) is 0 Å². The van der Waals surface area contributed by atoms with Gasteiger partial charge in [0.1, 0.15) is 11.5 Å². The maximum Gasteiger partial charge on any atom is 0.107 e. The minimum atomic E-state index is 0.452. The predicted molar refractivity (Wildman–Crippen MR) is 45.5 cm³/mol. The lowest BCUT2D eigenvalue weighted by molar-refractivity contribution is 0.444. The fourth-order valence-electron chi connectivity index (χ4n) is 1.11. The fourth-order valence-corrected chi connectivity index (χ4v) is 1.11. The third-order valence-corrected chi connectivity index (χ3v) is 1.85. The Morgan fingerprint density at radius 3 is 2.73 bits per heavy atom. The summed E-state index contributed by atoms with van der Waals surface area (Å²) in [5, 5.41) is 0. The Bertz CT molecular complexity index is 217. The Kier molecular flexibility index (Phi) is 2.71. The fraction of sp³-hybridized carbons (Fsp3) is 0.556. The van der Waals surface area contributed by atoms with Crippen LogP contribution in [-0.2, 0) is 0 Å². The molecule has 1 aromatic heterocycles. The number of hydrogen-bond acceptors (Lipinski definition) is 2. The second-order valence-electron chi connectivity index (χ2n) is 2.93. The van der Waals surface area contributed by atoms with Crippen molar-refractivity contribution in [2.75, 3.05) is 6.54 Å². The topological polar surface area (TPSA) is 39.2 Å². The number of hydrogen-bond donors (Lipinski definition) is 1. The largest absolute Gasteiger partial charge is 0.466 e. The molecule has 0 aromatic carbocycles. The Balaban J connectivity index is 2.60. The normalized spacial score (nSPS) is 13.4. The average Bonchev–Trinajstić information content (AvgIpc) is 2.36. The van der Waals surface area contributed by atoms with E-state index >= 15 is 0 Å². The van der Waals surface area contributed by atoms with E-state index in [2.05, 4.69) is 6.92 Å². The molecule has 1 heterocycles. The highest BCUT2D eigenvalue weighted by molar-refractivity contribution is 5.09. The third-order valence-electron chi connectivity index (χ3n) is 1.85. The van der Waals surface area contributed by atoms with Gasteiger partial charge in [-0.1, -0.05) is 6.92 Å². The van der Waals surface area contributed by atoms with Crippen molar-refractivity contribution < 1.29 is 4.42 Å². The van der Waals surface area contributed by atoms with Gasteiger partial charge in [-0.05, 0) is 32.0 Å². The molecule has 0 saturated carbocycles. The molecule has 0 aliphatic rings. The SMILES string of the molecule is Cc1ccc(C(C)CCN)o1. The van der Waals surface area contributed by atoms with E-state index < -0.39 is 0 Å². The summed E-state index contributed by atoms with van der Waals surface area (Å²) in [5.74, 6) is 2.48. The van der Waals surface area contributed by atoms with E-state index in [1.807, 2.05) is 19.1 Å². The number of rotatable bonds is 3. The van der Waals surface area contributed by atoms with Crippen LogP contribution in [0.2, 0.25) is 0 Å². The van der Waals surface area contributed by atoms with Gasteiger partial charge in [0.15, 0.2) is 0 Å². The molecule has 0 fully saturated rings. The summed E-state index contributed by atoms with van der Waals surface area (Å²) in [7, 11) is 0. The highest BCUT2D eigenvalue weighted by Crippen LogP contribution is 2.20. The summed E-state index contributed by atoms with van der Waals surface area (Å²) < 4.78 is 5.44. The zero-order valence-corrected chi connectivity index (χ0v) is 7.13. The van der Waals surface area contributed by atoms with Crippen LogP contribution in [0.1, 0.15) is 30.8 Å². The lowest BCUT2D eigenvalue weighted by Crippen LogP contribution is -2.03. The maximum absolute atomic E-state index is 5.44. The summed E-state index contributed by atoms with van der Waals surface area (Å²) in [6.45, 7) is 4.81. The first-order chi connectivity index (χ1) is 5.24. The van der Waals surface area contributed by atoms with Gasteiger partial charge in [0, 0.05) is 5.92 Å². The van der Waals surface area contributed by atoms with E-state index in [4.69, 9.17) is 10.2 Å².